The van der Waals surface area contributed by atoms with Crippen molar-refractivity contribution in [2.45, 2.75) is 26.3 Å². The van der Waals surface area contributed by atoms with Crippen molar-refractivity contribution in [2.75, 3.05) is 6.54 Å². The Hall–Kier alpha value is -2.09. The Balaban J connectivity index is 2.10. The van der Waals surface area contributed by atoms with Gasteiger partial charge in [-0.05, 0) is 37.8 Å². The van der Waals surface area contributed by atoms with Gasteiger partial charge in [-0.2, -0.15) is 5.26 Å². The van der Waals surface area contributed by atoms with Gasteiger partial charge in [0.05, 0.1) is 0 Å². The first-order valence-corrected chi connectivity index (χ1v) is 5.99. The maximum Gasteiger partial charge on any atom is 0.269 e. The Morgan fingerprint density at radius 2 is 2.28 bits per heavy atom. The smallest absolute Gasteiger partial charge is 0.269 e. The molecule has 1 fully saturated rings. The second-order valence-corrected chi connectivity index (χ2v) is 4.64. The number of pyridine rings is 1. The summed E-state index contributed by atoms with van der Waals surface area (Å²) in [6, 6.07) is 4.99. The number of nitriles is 1. The number of aryl methyl sites for hydroxylation is 1. The molecule has 1 aliphatic carbocycles. The monoisotopic (exact) mass is 245 g/mol. The molecule has 1 aromatic rings. The van der Waals surface area contributed by atoms with Crippen molar-refractivity contribution in [2.24, 2.45) is 5.92 Å². The molecule has 0 radical (unpaired) electrons. The minimum atomic E-state index is -0.404. The summed E-state index contributed by atoms with van der Waals surface area (Å²) >= 11 is 0. The fourth-order valence-corrected chi connectivity index (χ4v) is 1.73. The molecule has 0 aromatic carbocycles. The van der Waals surface area contributed by atoms with Crippen LogP contribution >= 0.6 is 0 Å². The highest BCUT2D eigenvalue weighted by molar-refractivity contribution is 5.75. The van der Waals surface area contributed by atoms with E-state index < -0.39 is 5.56 Å². The maximum absolute atomic E-state index is 11.9. The molecule has 1 saturated carbocycles. The summed E-state index contributed by atoms with van der Waals surface area (Å²) in [5.74, 6) is 0.430. The van der Waals surface area contributed by atoms with Gasteiger partial charge in [0.2, 0.25) is 5.91 Å². The third kappa shape index (κ3) is 2.77. The predicted octanol–water partition coefficient (Wildman–Crippen LogP) is 0.555. The van der Waals surface area contributed by atoms with Crippen LogP contribution in [0.1, 0.15) is 24.1 Å². The number of hydrogen-bond acceptors (Lipinski definition) is 3. The van der Waals surface area contributed by atoms with Gasteiger partial charge >= 0.3 is 0 Å². The molecule has 0 atom stereocenters. The number of aromatic nitrogens is 1. The molecule has 94 valence electrons. The summed E-state index contributed by atoms with van der Waals surface area (Å²) in [4.78, 5) is 23.6. The topological polar surface area (TPSA) is 74.9 Å². The van der Waals surface area contributed by atoms with Crippen LogP contribution in [0.25, 0.3) is 0 Å². The zero-order valence-corrected chi connectivity index (χ0v) is 10.3. The normalized spacial score (nSPS) is 14.0. The van der Waals surface area contributed by atoms with Crippen LogP contribution in [0.3, 0.4) is 0 Å². The molecule has 5 heteroatoms. The Kier molecular flexibility index (Phi) is 3.47. The van der Waals surface area contributed by atoms with Gasteiger partial charge < -0.3 is 9.88 Å². The van der Waals surface area contributed by atoms with Crippen LogP contribution in [-0.4, -0.2) is 17.0 Å². The number of carbonyl (C=O) groups is 1. The van der Waals surface area contributed by atoms with Crippen LogP contribution in [0.15, 0.2) is 16.9 Å². The molecular formula is C13H15N3O2. The fraction of sp³-hybridized carbons (Fsp3) is 0.462. The van der Waals surface area contributed by atoms with Gasteiger partial charge in [0.25, 0.3) is 5.56 Å². The van der Waals surface area contributed by atoms with Crippen LogP contribution in [0.5, 0.6) is 0 Å². The van der Waals surface area contributed by atoms with Gasteiger partial charge in [-0.3, -0.25) is 9.59 Å². The molecule has 0 bridgehead atoms. The van der Waals surface area contributed by atoms with E-state index in [-0.39, 0.29) is 18.0 Å². The Morgan fingerprint density at radius 3 is 2.89 bits per heavy atom. The lowest BCUT2D eigenvalue weighted by atomic mass is 10.2. The first kappa shape index (κ1) is 12.4. The van der Waals surface area contributed by atoms with E-state index >= 15 is 0 Å². The second kappa shape index (κ2) is 5.05. The van der Waals surface area contributed by atoms with Crippen molar-refractivity contribution in [3.63, 3.8) is 0 Å². The van der Waals surface area contributed by atoms with Gasteiger partial charge in [0.1, 0.15) is 18.2 Å². The van der Waals surface area contributed by atoms with E-state index in [9.17, 15) is 9.59 Å². The highest BCUT2D eigenvalue weighted by atomic mass is 16.2. The highest BCUT2D eigenvalue weighted by Gasteiger charge is 2.21. The number of nitrogens with zero attached hydrogens (tertiary/aromatic N) is 2. The van der Waals surface area contributed by atoms with Gasteiger partial charge in [0, 0.05) is 12.2 Å². The molecule has 1 N–H and O–H groups in total. The van der Waals surface area contributed by atoms with Crippen molar-refractivity contribution < 1.29 is 4.79 Å². The summed E-state index contributed by atoms with van der Waals surface area (Å²) in [6.45, 7) is 2.41. The number of carbonyl (C=O) groups excluding carboxylic acids is 1. The van der Waals surface area contributed by atoms with Crippen LogP contribution in [0.4, 0.5) is 0 Å². The van der Waals surface area contributed by atoms with E-state index in [1.54, 1.807) is 13.0 Å². The van der Waals surface area contributed by atoms with Crippen LogP contribution in [0, 0.1) is 24.2 Å². The molecule has 0 spiro atoms. The van der Waals surface area contributed by atoms with E-state index in [0.29, 0.717) is 18.2 Å². The largest absolute Gasteiger partial charge is 0.354 e. The first-order valence-electron chi connectivity index (χ1n) is 5.99. The second-order valence-electron chi connectivity index (χ2n) is 4.64. The summed E-state index contributed by atoms with van der Waals surface area (Å²) < 4.78 is 1.33. The van der Waals surface area contributed by atoms with Crippen molar-refractivity contribution in [1.82, 2.24) is 9.88 Å². The fourth-order valence-electron chi connectivity index (χ4n) is 1.73. The molecule has 0 saturated heterocycles. The van der Waals surface area contributed by atoms with Crippen molar-refractivity contribution in [3.8, 4) is 6.07 Å². The molecule has 2 rings (SSSR count). The van der Waals surface area contributed by atoms with Crippen molar-refractivity contribution in [3.05, 3.63) is 33.7 Å². The van der Waals surface area contributed by atoms with Crippen molar-refractivity contribution >= 4 is 5.91 Å². The van der Waals surface area contributed by atoms with Crippen LogP contribution in [0.2, 0.25) is 0 Å². The quantitative estimate of drug-likeness (QED) is 0.842. The molecule has 1 aromatic heterocycles. The lowest BCUT2D eigenvalue weighted by molar-refractivity contribution is -0.121. The van der Waals surface area contributed by atoms with Crippen molar-refractivity contribution in [1.29, 1.82) is 5.26 Å². The molecule has 5 nitrogen and oxygen atoms in total. The van der Waals surface area contributed by atoms with Crippen LogP contribution < -0.4 is 10.9 Å². The van der Waals surface area contributed by atoms with E-state index in [0.717, 1.165) is 0 Å². The zero-order valence-electron chi connectivity index (χ0n) is 10.3. The SMILES string of the molecule is Cc1ccc(C#N)c(=O)n1CC(=O)NCC1CC1. The molecule has 0 aliphatic heterocycles. The number of nitrogens with one attached hydrogen (secondary N) is 1. The molecule has 0 unspecified atom stereocenters. The number of rotatable bonds is 4. The predicted molar refractivity (Wildman–Crippen MR) is 65.9 cm³/mol. The zero-order chi connectivity index (χ0) is 13.1. The van der Waals surface area contributed by atoms with Gasteiger partial charge in [-0.25, -0.2) is 0 Å². The molecule has 18 heavy (non-hydrogen) atoms. The van der Waals surface area contributed by atoms with Gasteiger partial charge in [-0.15, -0.1) is 0 Å². The summed E-state index contributed by atoms with van der Waals surface area (Å²) in [7, 11) is 0. The average Bonchev–Trinajstić information content (AvgIpc) is 3.16. The Bertz CT molecular complexity index is 565. The number of hydrogen-bond donors (Lipinski definition) is 1. The Morgan fingerprint density at radius 1 is 1.56 bits per heavy atom. The molecule has 1 amide bonds. The first-order chi connectivity index (χ1) is 8.61. The Labute approximate surface area is 105 Å². The maximum atomic E-state index is 11.9. The van der Waals surface area contributed by atoms with E-state index in [1.165, 1.54) is 23.5 Å². The average molecular weight is 245 g/mol. The summed E-state index contributed by atoms with van der Waals surface area (Å²) in [5.41, 5.74) is 0.343. The summed E-state index contributed by atoms with van der Waals surface area (Å²) in [5, 5.41) is 11.6. The van der Waals surface area contributed by atoms with Gasteiger partial charge in [0.15, 0.2) is 0 Å². The third-order valence-corrected chi connectivity index (χ3v) is 3.10. The van der Waals surface area contributed by atoms with E-state index in [1.807, 2.05) is 6.07 Å². The highest BCUT2D eigenvalue weighted by Crippen LogP contribution is 2.27. The molecular weight excluding hydrogens is 230 g/mol. The summed E-state index contributed by atoms with van der Waals surface area (Å²) in [6.07, 6.45) is 2.34. The molecule has 1 aliphatic rings. The minimum absolute atomic E-state index is 0.0209. The van der Waals surface area contributed by atoms with E-state index in [2.05, 4.69) is 5.32 Å². The van der Waals surface area contributed by atoms with E-state index in [4.69, 9.17) is 5.26 Å². The lowest BCUT2D eigenvalue weighted by Gasteiger charge is -2.10. The lowest BCUT2D eigenvalue weighted by Crippen LogP contribution is -2.35. The standard InChI is InChI=1S/C13H15N3O2/c1-9-2-5-11(6-14)13(18)16(9)8-12(17)15-7-10-3-4-10/h2,5,10H,3-4,7-8H2,1H3,(H,15,17). The van der Waals surface area contributed by atoms with Crippen LogP contribution in [-0.2, 0) is 11.3 Å². The molecule has 1 heterocycles. The van der Waals surface area contributed by atoms with Gasteiger partial charge in [-0.1, -0.05) is 0 Å². The number of amides is 1. The third-order valence-electron chi connectivity index (χ3n) is 3.10. The minimum Gasteiger partial charge on any atom is -0.354 e.